The van der Waals surface area contributed by atoms with Gasteiger partial charge < -0.3 is 41.5 Å². The van der Waals surface area contributed by atoms with Gasteiger partial charge in [0, 0.05) is 6.61 Å². The average molecular weight is 338 g/mol. The fourth-order valence-corrected chi connectivity index (χ4v) is 0.887. The molecule has 0 fully saturated rings. The molecule has 0 saturated carbocycles. The molecule has 10 heteroatoms. The third-order valence-corrected chi connectivity index (χ3v) is 1.61. The van der Waals surface area contributed by atoms with Crippen LogP contribution in [0.25, 0.3) is 0 Å². The molecule has 0 amide bonds. The summed E-state index contributed by atoms with van der Waals surface area (Å²) >= 11 is 9.11. The van der Waals surface area contributed by atoms with Crippen LogP contribution in [0, 0.1) is 0 Å². The molecule has 0 aromatic rings. The van der Waals surface area contributed by atoms with E-state index in [9.17, 15) is 0 Å². The summed E-state index contributed by atoms with van der Waals surface area (Å²) in [6.45, 7) is 4.16. The molecule has 0 aliphatic heterocycles. The summed E-state index contributed by atoms with van der Waals surface area (Å²) in [7, 11) is 0. The SMILES string of the molecule is CCOC(C)C(C=N/N=C(\N)[S-])=N/N=C(/N)[S-].[Cu+2]. The first-order chi connectivity index (χ1) is 7.97. The number of hydrogen-bond acceptors (Lipinski definition) is 7. The number of amidine groups is 2. The van der Waals surface area contributed by atoms with Crippen molar-refractivity contribution in [3.8, 4) is 0 Å². The third kappa shape index (κ3) is 10.4. The molecule has 4 N–H and O–H groups in total. The maximum Gasteiger partial charge on any atom is 2.00 e. The van der Waals surface area contributed by atoms with E-state index >= 15 is 0 Å². The first-order valence-corrected chi connectivity index (χ1v) is 5.52. The molecule has 18 heavy (non-hydrogen) atoms. The van der Waals surface area contributed by atoms with Crippen molar-refractivity contribution in [2.45, 2.75) is 20.0 Å². The van der Waals surface area contributed by atoms with Crippen LogP contribution in [0.15, 0.2) is 20.4 Å². The zero-order valence-corrected chi connectivity index (χ0v) is 12.4. The minimum Gasteiger partial charge on any atom is -0.741 e. The molecule has 0 aromatic carbocycles. The van der Waals surface area contributed by atoms with Crippen LogP contribution in [0.2, 0.25) is 0 Å². The Hall–Kier alpha value is -0.801. The Kier molecular flexibility index (Phi) is 12.3. The Morgan fingerprint density at radius 1 is 1.22 bits per heavy atom. The monoisotopic (exact) mass is 337 g/mol. The number of ether oxygens (including phenoxy) is 1. The van der Waals surface area contributed by atoms with E-state index in [1.807, 2.05) is 6.92 Å². The van der Waals surface area contributed by atoms with Crippen LogP contribution in [0.1, 0.15) is 13.8 Å². The van der Waals surface area contributed by atoms with Gasteiger partial charge in [0.15, 0.2) is 0 Å². The molecule has 1 radical (unpaired) electrons. The average Bonchev–Trinajstić information content (AvgIpc) is 2.22. The third-order valence-electron chi connectivity index (χ3n) is 1.44. The van der Waals surface area contributed by atoms with E-state index < -0.39 is 0 Å². The van der Waals surface area contributed by atoms with Crippen molar-refractivity contribution in [3.63, 3.8) is 0 Å². The van der Waals surface area contributed by atoms with Crippen molar-refractivity contribution in [2.24, 2.45) is 31.9 Å². The van der Waals surface area contributed by atoms with Crippen LogP contribution in [-0.2, 0) is 47.1 Å². The fraction of sp³-hybridized carbons (Fsp3) is 0.500. The van der Waals surface area contributed by atoms with Gasteiger partial charge in [-0.25, -0.2) is 0 Å². The van der Waals surface area contributed by atoms with Crippen LogP contribution < -0.4 is 11.5 Å². The van der Waals surface area contributed by atoms with Gasteiger partial charge in [-0.3, -0.25) is 0 Å². The molecule has 7 nitrogen and oxygen atoms in total. The summed E-state index contributed by atoms with van der Waals surface area (Å²) < 4.78 is 5.32. The molecule has 0 aromatic heterocycles. The van der Waals surface area contributed by atoms with Crippen LogP contribution in [0.5, 0.6) is 0 Å². The predicted octanol–water partition coefficient (Wildman–Crippen LogP) is -0.526. The Morgan fingerprint density at radius 3 is 2.22 bits per heavy atom. The molecule has 0 saturated heterocycles. The predicted molar refractivity (Wildman–Crippen MR) is 75.0 cm³/mol. The van der Waals surface area contributed by atoms with Crippen molar-refractivity contribution < 1.29 is 21.8 Å². The fourth-order valence-electron chi connectivity index (χ4n) is 0.799. The maximum absolute atomic E-state index is 5.32. The normalized spacial score (nSPS) is 15.6. The Bertz CT molecular complexity index is 349. The summed E-state index contributed by atoms with van der Waals surface area (Å²) in [4.78, 5) is 0. The molecule has 0 aliphatic carbocycles. The largest absolute Gasteiger partial charge is 2.00 e. The Morgan fingerprint density at radius 2 is 1.78 bits per heavy atom. The van der Waals surface area contributed by atoms with E-state index in [0.29, 0.717) is 12.3 Å². The minimum atomic E-state index is -0.316. The number of nitrogens with zero attached hydrogens (tertiary/aromatic N) is 4. The number of hydrogen-bond donors (Lipinski definition) is 2. The molecule has 0 rings (SSSR count). The smallest absolute Gasteiger partial charge is 0.741 e. The first-order valence-electron chi connectivity index (χ1n) is 4.70. The van der Waals surface area contributed by atoms with Crippen LogP contribution in [0.4, 0.5) is 0 Å². The molecule has 0 heterocycles. The summed E-state index contributed by atoms with van der Waals surface area (Å²) in [6.07, 6.45) is 1.02. The second kappa shape index (κ2) is 11.3. The van der Waals surface area contributed by atoms with Gasteiger partial charge >= 0.3 is 17.1 Å². The van der Waals surface area contributed by atoms with Gasteiger partial charge in [0.05, 0.1) is 6.21 Å². The molecule has 1 unspecified atom stereocenters. The van der Waals surface area contributed by atoms with Gasteiger partial charge in [0.25, 0.3) is 0 Å². The molecule has 0 bridgehead atoms. The summed E-state index contributed by atoms with van der Waals surface area (Å²) in [5, 5.41) is 14.3. The molecular formula is C8H14CuN6OS2. The summed E-state index contributed by atoms with van der Waals surface area (Å²) in [5.74, 6) is 0. The van der Waals surface area contributed by atoms with Gasteiger partial charge in [-0.05, 0) is 24.2 Å². The second-order valence-electron chi connectivity index (χ2n) is 2.74. The molecule has 0 spiro atoms. The second-order valence-corrected chi connectivity index (χ2v) is 3.58. The van der Waals surface area contributed by atoms with Crippen molar-refractivity contribution in [2.75, 3.05) is 6.61 Å². The van der Waals surface area contributed by atoms with Crippen molar-refractivity contribution in [3.05, 3.63) is 0 Å². The van der Waals surface area contributed by atoms with Gasteiger partial charge in [-0.1, -0.05) is 0 Å². The van der Waals surface area contributed by atoms with E-state index in [1.165, 1.54) is 6.21 Å². The van der Waals surface area contributed by atoms with E-state index in [0.717, 1.165) is 0 Å². The molecular weight excluding hydrogens is 324 g/mol. The Balaban J connectivity index is 0. The molecule has 1 atom stereocenters. The van der Waals surface area contributed by atoms with Crippen molar-refractivity contribution >= 4 is 47.5 Å². The zero-order chi connectivity index (χ0) is 13.3. The van der Waals surface area contributed by atoms with E-state index in [4.69, 9.17) is 16.2 Å². The number of rotatable bonds is 6. The molecule has 0 aliphatic rings. The van der Waals surface area contributed by atoms with Gasteiger partial charge in [0.2, 0.25) is 0 Å². The van der Waals surface area contributed by atoms with Gasteiger partial charge in [0.1, 0.15) is 11.8 Å². The van der Waals surface area contributed by atoms with Crippen LogP contribution >= 0.6 is 0 Å². The number of nitrogens with two attached hydrogens (primary N) is 2. The van der Waals surface area contributed by atoms with E-state index in [-0.39, 0.29) is 33.5 Å². The maximum atomic E-state index is 5.32. The van der Waals surface area contributed by atoms with E-state index in [2.05, 4.69) is 45.7 Å². The first kappa shape index (κ1) is 19.5. The minimum absolute atomic E-state index is 0. The van der Waals surface area contributed by atoms with Gasteiger partial charge in [-0.15, -0.1) is 0 Å². The summed E-state index contributed by atoms with van der Waals surface area (Å²) in [6, 6.07) is 0. The standard InChI is InChI=1S/C8H16N6OS2.Cu/c1-3-15-5(2)6(12-14-8(10)17)4-11-13-7(9)16;/h4-5H,3H2,1-2H3,(H3,9,13,16)(H3,10,14,17);/q;+2/p-2. The van der Waals surface area contributed by atoms with Crippen molar-refractivity contribution in [1.29, 1.82) is 0 Å². The molecule has 105 valence electrons. The van der Waals surface area contributed by atoms with E-state index in [1.54, 1.807) is 6.92 Å². The Labute approximate surface area is 128 Å². The topological polar surface area (TPSA) is 111 Å². The van der Waals surface area contributed by atoms with Gasteiger partial charge in [-0.2, -0.15) is 20.4 Å². The quantitative estimate of drug-likeness (QED) is 0.223. The van der Waals surface area contributed by atoms with Crippen LogP contribution in [0.3, 0.4) is 0 Å². The van der Waals surface area contributed by atoms with Crippen LogP contribution in [-0.4, -0.2) is 35.0 Å². The zero-order valence-electron chi connectivity index (χ0n) is 9.83. The van der Waals surface area contributed by atoms with Crippen molar-refractivity contribution in [1.82, 2.24) is 0 Å². The summed E-state index contributed by atoms with van der Waals surface area (Å²) in [5.41, 5.74) is 10.8.